The predicted octanol–water partition coefficient (Wildman–Crippen LogP) is 3.48. The normalized spacial score (nSPS) is 21.5. The number of halogens is 2. The largest absolute Gasteiger partial charge is 0.481 e. The van der Waals surface area contributed by atoms with Crippen LogP contribution in [0.1, 0.15) is 19.3 Å². The molecule has 20 heavy (non-hydrogen) atoms. The molecule has 1 aromatic rings. The minimum absolute atomic E-state index is 0.0909. The minimum atomic E-state index is -0.795. The summed E-state index contributed by atoms with van der Waals surface area (Å²) in [6.45, 7) is 0. The van der Waals surface area contributed by atoms with Crippen LogP contribution in [0.15, 0.2) is 22.7 Å². The average Bonchev–Trinajstić information content (AvgIpc) is 2.82. The lowest BCUT2D eigenvalue weighted by atomic mass is 10.1. The number of carboxylic acids is 1. The van der Waals surface area contributed by atoms with E-state index < -0.39 is 5.97 Å². The van der Waals surface area contributed by atoms with Crippen LogP contribution in [0.3, 0.4) is 0 Å². The Kier molecular flexibility index (Phi) is 4.88. The highest BCUT2D eigenvalue weighted by Gasteiger charge is 2.30. The summed E-state index contributed by atoms with van der Waals surface area (Å²) < 4.78 is 0.698. The number of carboxylic acid groups (broad SMARTS) is 1. The van der Waals surface area contributed by atoms with E-state index in [2.05, 4.69) is 26.6 Å². The number of carbonyl (C=O) groups is 2. The molecule has 1 saturated carbocycles. The standard InChI is InChI=1S/C13H14BrClN2O3/c14-10-6-9(3-4-11(10)15)17-13(20)16-8-2-1-7(5-8)12(18)19/h3-4,6-8H,1-2,5H2,(H,18,19)(H2,16,17,20). The van der Waals surface area contributed by atoms with Gasteiger partial charge in [0.15, 0.2) is 0 Å². The number of anilines is 1. The van der Waals surface area contributed by atoms with E-state index in [1.54, 1.807) is 18.2 Å². The van der Waals surface area contributed by atoms with Crippen LogP contribution in [0.4, 0.5) is 10.5 Å². The summed E-state index contributed by atoms with van der Waals surface area (Å²) in [6.07, 6.45) is 1.77. The number of rotatable bonds is 3. The Balaban J connectivity index is 1.87. The first-order chi connectivity index (χ1) is 9.45. The Labute approximate surface area is 129 Å². The number of hydrogen-bond donors (Lipinski definition) is 3. The molecule has 2 atom stereocenters. The van der Waals surface area contributed by atoms with Crippen molar-refractivity contribution >= 4 is 45.2 Å². The van der Waals surface area contributed by atoms with Crippen LogP contribution in [0.5, 0.6) is 0 Å². The Bertz CT molecular complexity index is 538. The van der Waals surface area contributed by atoms with Crippen molar-refractivity contribution in [3.8, 4) is 0 Å². The molecule has 0 spiro atoms. The first-order valence-electron chi connectivity index (χ1n) is 6.21. The van der Waals surface area contributed by atoms with Gasteiger partial charge >= 0.3 is 12.0 Å². The second-order valence-corrected chi connectivity index (χ2v) is 6.03. The summed E-state index contributed by atoms with van der Waals surface area (Å²) in [5, 5.41) is 15.0. The molecule has 1 fully saturated rings. The maximum absolute atomic E-state index is 11.8. The summed E-state index contributed by atoms with van der Waals surface area (Å²) >= 11 is 9.15. The summed E-state index contributed by atoms with van der Waals surface area (Å²) in [4.78, 5) is 22.7. The first kappa shape index (κ1) is 15.1. The zero-order valence-electron chi connectivity index (χ0n) is 10.5. The molecule has 5 nitrogen and oxygen atoms in total. The van der Waals surface area contributed by atoms with Crippen LogP contribution >= 0.6 is 27.5 Å². The molecular weight excluding hydrogens is 348 g/mol. The van der Waals surface area contributed by atoms with E-state index in [1.807, 2.05) is 0 Å². The van der Waals surface area contributed by atoms with Crippen molar-refractivity contribution in [2.45, 2.75) is 25.3 Å². The minimum Gasteiger partial charge on any atom is -0.481 e. The molecule has 2 unspecified atom stereocenters. The van der Waals surface area contributed by atoms with Gasteiger partial charge in [-0.25, -0.2) is 4.79 Å². The molecule has 7 heteroatoms. The van der Waals surface area contributed by atoms with Gasteiger partial charge in [-0.3, -0.25) is 4.79 Å². The van der Waals surface area contributed by atoms with Crippen molar-refractivity contribution < 1.29 is 14.7 Å². The van der Waals surface area contributed by atoms with Crippen molar-refractivity contribution in [1.29, 1.82) is 0 Å². The summed E-state index contributed by atoms with van der Waals surface area (Å²) in [5.41, 5.74) is 0.617. The quantitative estimate of drug-likeness (QED) is 0.771. The lowest BCUT2D eigenvalue weighted by Gasteiger charge is -2.13. The number of aliphatic carboxylic acids is 1. The smallest absolute Gasteiger partial charge is 0.319 e. The van der Waals surface area contributed by atoms with E-state index in [4.69, 9.17) is 16.7 Å². The van der Waals surface area contributed by atoms with E-state index in [0.717, 1.165) is 0 Å². The lowest BCUT2D eigenvalue weighted by molar-refractivity contribution is -0.141. The number of amides is 2. The van der Waals surface area contributed by atoms with Crippen molar-refractivity contribution in [3.63, 3.8) is 0 Å². The Hall–Kier alpha value is -1.27. The van der Waals surface area contributed by atoms with E-state index in [1.165, 1.54) is 0 Å². The topological polar surface area (TPSA) is 78.4 Å². The van der Waals surface area contributed by atoms with Gasteiger partial charge in [0, 0.05) is 16.2 Å². The van der Waals surface area contributed by atoms with Crippen LogP contribution in [-0.2, 0) is 4.79 Å². The molecule has 0 heterocycles. The van der Waals surface area contributed by atoms with Crippen LogP contribution < -0.4 is 10.6 Å². The maximum Gasteiger partial charge on any atom is 0.319 e. The van der Waals surface area contributed by atoms with E-state index in [-0.39, 0.29) is 18.0 Å². The van der Waals surface area contributed by atoms with Gasteiger partial charge in [0.05, 0.1) is 10.9 Å². The number of hydrogen-bond acceptors (Lipinski definition) is 2. The van der Waals surface area contributed by atoms with E-state index >= 15 is 0 Å². The van der Waals surface area contributed by atoms with Gasteiger partial charge in [0.25, 0.3) is 0 Å². The predicted molar refractivity (Wildman–Crippen MR) is 80.1 cm³/mol. The SMILES string of the molecule is O=C(Nc1ccc(Cl)c(Br)c1)NC1CCC(C(=O)O)C1. The van der Waals surface area contributed by atoms with Crippen molar-refractivity contribution in [3.05, 3.63) is 27.7 Å². The maximum atomic E-state index is 11.8. The molecule has 0 saturated heterocycles. The molecular formula is C13H14BrClN2O3. The number of urea groups is 1. The van der Waals surface area contributed by atoms with Gasteiger partial charge in [-0.15, -0.1) is 0 Å². The van der Waals surface area contributed by atoms with Crippen LogP contribution in [0, 0.1) is 5.92 Å². The van der Waals surface area contributed by atoms with Crippen molar-refractivity contribution in [2.24, 2.45) is 5.92 Å². The van der Waals surface area contributed by atoms with Crippen molar-refractivity contribution in [2.75, 3.05) is 5.32 Å². The number of carbonyl (C=O) groups excluding carboxylic acids is 1. The number of benzene rings is 1. The molecule has 0 radical (unpaired) electrons. The molecule has 2 amide bonds. The van der Waals surface area contributed by atoms with E-state index in [9.17, 15) is 9.59 Å². The average molecular weight is 362 g/mol. The molecule has 2 rings (SSSR count). The third-order valence-electron chi connectivity index (χ3n) is 3.29. The summed E-state index contributed by atoms with van der Waals surface area (Å²) in [5.74, 6) is -1.15. The van der Waals surface area contributed by atoms with Crippen LogP contribution in [-0.4, -0.2) is 23.1 Å². The molecule has 1 aromatic carbocycles. The van der Waals surface area contributed by atoms with Crippen molar-refractivity contribution in [1.82, 2.24) is 5.32 Å². The van der Waals surface area contributed by atoms with Gasteiger partial charge in [0.2, 0.25) is 0 Å². The second kappa shape index (κ2) is 6.45. The Morgan fingerprint density at radius 2 is 2.10 bits per heavy atom. The van der Waals surface area contributed by atoms with Gasteiger partial charge in [0.1, 0.15) is 0 Å². The molecule has 3 N–H and O–H groups in total. The number of nitrogens with one attached hydrogen (secondary N) is 2. The van der Waals surface area contributed by atoms with Gasteiger partial charge in [-0.05, 0) is 53.4 Å². The first-order valence-corrected chi connectivity index (χ1v) is 7.38. The van der Waals surface area contributed by atoms with E-state index in [0.29, 0.717) is 34.4 Å². The highest BCUT2D eigenvalue weighted by molar-refractivity contribution is 9.10. The summed E-state index contributed by atoms with van der Waals surface area (Å²) in [7, 11) is 0. The monoisotopic (exact) mass is 360 g/mol. The third kappa shape index (κ3) is 3.86. The van der Waals surface area contributed by atoms with Crippen LogP contribution in [0.25, 0.3) is 0 Å². The van der Waals surface area contributed by atoms with Gasteiger partial charge < -0.3 is 15.7 Å². The fraction of sp³-hybridized carbons (Fsp3) is 0.385. The Morgan fingerprint density at radius 1 is 1.35 bits per heavy atom. The Morgan fingerprint density at radius 3 is 2.70 bits per heavy atom. The molecule has 1 aliphatic rings. The molecule has 0 aromatic heterocycles. The highest BCUT2D eigenvalue weighted by atomic mass is 79.9. The van der Waals surface area contributed by atoms with Gasteiger partial charge in [-0.1, -0.05) is 11.6 Å². The molecule has 0 aliphatic heterocycles. The fourth-order valence-electron chi connectivity index (χ4n) is 2.26. The fourth-order valence-corrected chi connectivity index (χ4v) is 2.76. The van der Waals surface area contributed by atoms with Crippen LogP contribution in [0.2, 0.25) is 5.02 Å². The molecule has 0 bridgehead atoms. The summed E-state index contributed by atoms with van der Waals surface area (Å²) in [6, 6.07) is 4.65. The molecule has 108 valence electrons. The molecule has 1 aliphatic carbocycles. The third-order valence-corrected chi connectivity index (χ3v) is 4.51. The zero-order chi connectivity index (χ0) is 14.7. The van der Waals surface area contributed by atoms with Gasteiger partial charge in [-0.2, -0.15) is 0 Å². The zero-order valence-corrected chi connectivity index (χ0v) is 12.9. The second-order valence-electron chi connectivity index (χ2n) is 4.77. The highest BCUT2D eigenvalue weighted by Crippen LogP contribution is 2.27. The lowest BCUT2D eigenvalue weighted by Crippen LogP contribution is -2.36.